The fourth-order valence-corrected chi connectivity index (χ4v) is 6.00. The van der Waals surface area contributed by atoms with Crippen molar-refractivity contribution < 1.29 is 19.1 Å². The van der Waals surface area contributed by atoms with Crippen LogP contribution in [0.3, 0.4) is 0 Å². The van der Waals surface area contributed by atoms with Gasteiger partial charge in [-0.15, -0.1) is 0 Å². The molecule has 0 fully saturated rings. The van der Waals surface area contributed by atoms with Gasteiger partial charge in [-0.2, -0.15) is 0 Å². The van der Waals surface area contributed by atoms with E-state index in [1.54, 1.807) is 25.3 Å². The normalized spacial score (nSPS) is 28.9. The number of ether oxygens (including phenoxy) is 2. The molecule has 5 atom stereocenters. The number of carbonyl (C=O) groups is 2. The molecule has 0 saturated carbocycles. The van der Waals surface area contributed by atoms with Crippen molar-refractivity contribution in [2.24, 2.45) is 17.8 Å². The molecule has 2 aliphatic carbocycles. The van der Waals surface area contributed by atoms with Crippen molar-refractivity contribution in [2.45, 2.75) is 38.5 Å². The molecule has 0 bridgehead atoms. The summed E-state index contributed by atoms with van der Waals surface area (Å²) in [6.07, 6.45) is 6.38. The molecule has 0 aromatic heterocycles. The van der Waals surface area contributed by atoms with Crippen LogP contribution in [-0.2, 0) is 16.1 Å². The van der Waals surface area contributed by atoms with Crippen LogP contribution >= 0.6 is 15.9 Å². The van der Waals surface area contributed by atoms with E-state index in [0.29, 0.717) is 17.9 Å². The van der Waals surface area contributed by atoms with E-state index in [1.165, 1.54) is 0 Å². The second kappa shape index (κ2) is 8.82. The summed E-state index contributed by atoms with van der Waals surface area (Å²) >= 11 is 3.43. The summed E-state index contributed by atoms with van der Waals surface area (Å²) < 4.78 is 13.3. The number of nitrogens with one attached hydrogen (secondary N) is 1. The van der Waals surface area contributed by atoms with Gasteiger partial charge in [0.1, 0.15) is 5.75 Å². The Hall–Kier alpha value is -2.70. The van der Waals surface area contributed by atoms with Crippen molar-refractivity contribution in [3.63, 3.8) is 0 Å². The zero-order valence-corrected chi connectivity index (χ0v) is 21.1. The van der Waals surface area contributed by atoms with Crippen LogP contribution < -0.4 is 10.1 Å². The monoisotopic (exact) mass is 521 g/mol. The number of benzene rings is 2. The number of rotatable bonds is 5. The van der Waals surface area contributed by atoms with E-state index in [4.69, 9.17) is 9.47 Å². The zero-order chi connectivity index (χ0) is 24.0. The maximum atomic E-state index is 13.0. The average molecular weight is 522 g/mol. The van der Waals surface area contributed by atoms with E-state index in [-0.39, 0.29) is 35.4 Å². The van der Waals surface area contributed by atoms with Gasteiger partial charge >= 0.3 is 0 Å². The SMILES string of the molecule is CCC1C=C2C(=O)C=CC3(OC)Oc4ccc(C(=O)NCc5ccc(Br)cc5)cc4C(C1C)C23. The minimum atomic E-state index is -1.02. The summed E-state index contributed by atoms with van der Waals surface area (Å²) in [5.74, 6) is -0.157. The molecule has 176 valence electrons. The Morgan fingerprint density at radius 2 is 1.97 bits per heavy atom. The predicted molar refractivity (Wildman–Crippen MR) is 134 cm³/mol. The number of ketones is 1. The fraction of sp³-hybridized carbons (Fsp3) is 0.357. The number of allylic oxidation sites excluding steroid dienone is 2. The lowest BCUT2D eigenvalue weighted by Gasteiger charge is -2.52. The van der Waals surface area contributed by atoms with Gasteiger partial charge in [-0.1, -0.05) is 48.0 Å². The zero-order valence-electron chi connectivity index (χ0n) is 19.5. The highest BCUT2D eigenvalue weighted by atomic mass is 79.9. The van der Waals surface area contributed by atoms with E-state index in [0.717, 1.165) is 27.6 Å². The Labute approximate surface area is 208 Å². The maximum Gasteiger partial charge on any atom is 0.251 e. The summed E-state index contributed by atoms with van der Waals surface area (Å²) in [6.45, 7) is 4.82. The molecule has 1 N–H and O–H groups in total. The molecule has 6 heteroatoms. The third-order valence-corrected chi connectivity index (χ3v) is 8.10. The first-order chi connectivity index (χ1) is 16.4. The van der Waals surface area contributed by atoms with Gasteiger partial charge in [0.15, 0.2) is 5.78 Å². The van der Waals surface area contributed by atoms with Gasteiger partial charge in [0.05, 0.1) is 5.92 Å². The Morgan fingerprint density at radius 3 is 2.68 bits per heavy atom. The number of hydrogen-bond donors (Lipinski definition) is 1. The number of fused-ring (bicyclic) bond motifs is 2. The summed E-state index contributed by atoms with van der Waals surface area (Å²) in [5, 5.41) is 3.01. The molecule has 1 amide bonds. The number of carbonyl (C=O) groups excluding carboxylic acids is 2. The highest BCUT2D eigenvalue weighted by molar-refractivity contribution is 9.10. The molecule has 2 aromatic carbocycles. The Kier molecular flexibility index (Phi) is 5.98. The van der Waals surface area contributed by atoms with Crippen LogP contribution in [0.25, 0.3) is 0 Å². The first kappa shape index (κ1) is 23.1. The quantitative estimate of drug-likeness (QED) is 0.559. The van der Waals surface area contributed by atoms with Crippen molar-refractivity contribution in [1.82, 2.24) is 5.32 Å². The summed E-state index contributed by atoms with van der Waals surface area (Å²) in [4.78, 5) is 25.9. The van der Waals surface area contributed by atoms with Crippen LogP contribution in [0, 0.1) is 17.8 Å². The molecule has 3 aliphatic rings. The van der Waals surface area contributed by atoms with Gasteiger partial charge in [-0.3, -0.25) is 9.59 Å². The highest BCUT2D eigenvalue weighted by Crippen LogP contribution is 2.58. The van der Waals surface area contributed by atoms with Crippen LogP contribution in [0.5, 0.6) is 5.75 Å². The summed E-state index contributed by atoms with van der Waals surface area (Å²) in [7, 11) is 1.63. The predicted octanol–water partition coefficient (Wildman–Crippen LogP) is 5.56. The number of methoxy groups -OCH3 is 1. The van der Waals surface area contributed by atoms with E-state index >= 15 is 0 Å². The Balaban J connectivity index is 1.51. The molecule has 34 heavy (non-hydrogen) atoms. The number of hydrogen-bond acceptors (Lipinski definition) is 4. The Bertz CT molecular complexity index is 1200. The largest absolute Gasteiger partial charge is 0.458 e. The average Bonchev–Trinajstić information content (AvgIpc) is 2.86. The van der Waals surface area contributed by atoms with Gasteiger partial charge in [0.25, 0.3) is 5.91 Å². The fourth-order valence-electron chi connectivity index (χ4n) is 5.73. The molecule has 1 heterocycles. The van der Waals surface area contributed by atoms with Gasteiger partial charge in [-0.05, 0) is 71.9 Å². The minimum Gasteiger partial charge on any atom is -0.458 e. The molecule has 1 aliphatic heterocycles. The smallest absolute Gasteiger partial charge is 0.251 e. The van der Waals surface area contributed by atoms with Gasteiger partial charge in [-0.25, -0.2) is 0 Å². The second-order valence-corrected chi connectivity index (χ2v) is 10.3. The van der Waals surface area contributed by atoms with Gasteiger partial charge in [0.2, 0.25) is 5.79 Å². The molecular formula is C28H28BrNO4. The molecule has 5 unspecified atom stereocenters. The lowest BCUT2D eigenvalue weighted by molar-refractivity contribution is -0.179. The second-order valence-electron chi connectivity index (χ2n) is 9.34. The van der Waals surface area contributed by atoms with Gasteiger partial charge < -0.3 is 14.8 Å². The standard InChI is InChI=1S/C28H28BrNO4/c1-4-18-13-21-23(31)11-12-28(33-3)26(21)25(16(18)2)22-14-19(7-10-24(22)34-28)27(32)30-15-17-5-8-20(29)9-6-17/h5-14,16,18,25-26H,4,15H2,1-3H3,(H,30,32). The Morgan fingerprint density at radius 1 is 1.21 bits per heavy atom. The lowest BCUT2D eigenvalue weighted by Crippen LogP contribution is -2.56. The van der Waals surface area contributed by atoms with Crippen molar-refractivity contribution in [2.75, 3.05) is 7.11 Å². The number of amides is 1. The van der Waals surface area contributed by atoms with E-state index in [9.17, 15) is 9.59 Å². The van der Waals surface area contributed by atoms with E-state index in [2.05, 4.69) is 41.2 Å². The van der Waals surface area contributed by atoms with Crippen LogP contribution in [0.2, 0.25) is 0 Å². The van der Waals surface area contributed by atoms with Crippen molar-refractivity contribution in [3.05, 3.63) is 87.4 Å². The van der Waals surface area contributed by atoms with Crippen molar-refractivity contribution in [1.29, 1.82) is 0 Å². The lowest BCUT2D eigenvalue weighted by atomic mass is 9.59. The molecule has 2 aromatic rings. The molecule has 5 rings (SSSR count). The van der Waals surface area contributed by atoms with Gasteiger partial charge in [0, 0.05) is 35.2 Å². The first-order valence-corrected chi connectivity index (χ1v) is 12.5. The summed E-state index contributed by atoms with van der Waals surface area (Å²) in [6, 6.07) is 13.5. The van der Waals surface area contributed by atoms with Crippen LogP contribution in [0.4, 0.5) is 0 Å². The third kappa shape index (κ3) is 3.73. The maximum absolute atomic E-state index is 13.0. The molecule has 0 spiro atoms. The van der Waals surface area contributed by atoms with Crippen LogP contribution in [0.15, 0.2) is 70.7 Å². The summed E-state index contributed by atoms with van der Waals surface area (Å²) in [5.41, 5.74) is 3.33. The molecule has 0 radical (unpaired) electrons. The molecular weight excluding hydrogens is 494 g/mol. The topological polar surface area (TPSA) is 64.6 Å². The van der Waals surface area contributed by atoms with E-state index < -0.39 is 5.79 Å². The first-order valence-electron chi connectivity index (χ1n) is 11.7. The minimum absolute atomic E-state index is 0.00164. The molecule has 5 nitrogen and oxygen atoms in total. The molecule has 0 saturated heterocycles. The van der Waals surface area contributed by atoms with Crippen molar-refractivity contribution >= 4 is 27.6 Å². The number of halogens is 1. The highest BCUT2D eigenvalue weighted by Gasteiger charge is 2.57. The van der Waals surface area contributed by atoms with Crippen molar-refractivity contribution in [3.8, 4) is 5.75 Å². The van der Waals surface area contributed by atoms with Crippen LogP contribution in [0.1, 0.15) is 47.7 Å². The van der Waals surface area contributed by atoms with Crippen LogP contribution in [-0.4, -0.2) is 24.6 Å². The van der Waals surface area contributed by atoms with E-state index in [1.807, 2.05) is 36.4 Å². The third-order valence-electron chi connectivity index (χ3n) is 7.57.